The zero-order valence-electron chi connectivity index (χ0n) is 12.0. The topological polar surface area (TPSA) is 106 Å². The van der Waals surface area contributed by atoms with E-state index < -0.39 is 25.9 Å². The van der Waals surface area contributed by atoms with Crippen molar-refractivity contribution in [2.24, 2.45) is 0 Å². The molecular formula is C12H20N2O4S2. The molecule has 0 amide bonds. The minimum absolute atomic E-state index is 0.0790. The molecule has 0 saturated heterocycles. The molecule has 0 saturated carbocycles. The number of rotatable bonds is 5. The highest BCUT2D eigenvalue weighted by Crippen LogP contribution is 2.22. The van der Waals surface area contributed by atoms with Gasteiger partial charge in [0.2, 0.25) is 10.0 Å². The average molecular weight is 320 g/mol. The summed E-state index contributed by atoms with van der Waals surface area (Å²) < 4.78 is 49.3. The lowest BCUT2D eigenvalue weighted by Gasteiger charge is -2.16. The zero-order valence-corrected chi connectivity index (χ0v) is 13.6. The first kappa shape index (κ1) is 16.9. The Balaban J connectivity index is 3.13. The molecule has 1 aromatic carbocycles. The van der Waals surface area contributed by atoms with E-state index in [0.717, 1.165) is 11.8 Å². The fraction of sp³-hybridized carbons (Fsp3) is 0.500. The normalized spacial score (nSPS) is 14.2. The van der Waals surface area contributed by atoms with Gasteiger partial charge in [-0.2, -0.15) is 0 Å². The average Bonchev–Trinajstić information content (AvgIpc) is 2.19. The summed E-state index contributed by atoms with van der Waals surface area (Å²) in [7, 11) is -7.06. The van der Waals surface area contributed by atoms with Crippen LogP contribution < -0.4 is 10.5 Å². The van der Waals surface area contributed by atoms with Gasteiger partial charge in [0.1, 0.15) is 9.84 Å². The molecule has 20 heavy (non-hydrogen) atoms. The van der Waals surface area contributed by atoms with Crippen LogP contribution in [0.25, 0.3) is 0 Å². The summed E-state index contributed by atoms with van der Waals surface area (Å²) in [6, 6.07) is 2.35. The van der Waals surface area contributed by atoms with E-state index in [1.165, 1.54) is 13.0 Å². The maximum atomic E-state index is 12.3. The van der Waals surface area contributed by atoms with Crippen LogP contribution in [-0.2, 0) is 19.9 Å². The Morgan fingerprint density at radius 1 is 1.20 bits per heavy atom. The number of benzene rings is 1. The molecule has 0 aliphatic carbocycles. The highest BCUT2D eigenvalue weighted by molar-refractivity contribution is 7.91. The van der Waals surface area contributed by atoms with Crippen LogP contribution in [0.1, 0.15) is 18.1 Å². The Hall–Kier alpha value is -1.12. The van der Waals surface area contributed by atoms with E-state index in [9.17, 15) is 16.8 Å². The predicted octanol–water partition coefficient (Wildman–Crippen LogP) is 0.597. The van der Waals surface area contributed by atoms with Crippen molar-refractivity contribution in [1.29, 1.82) is 0 Å². The van der Waals surface area contributed by atoms with Crippen molar-refractivity contribution < 1.29 is 16.8 Å². The number of nitrogen functional groups attached to an aromatic ring is 1. The predicted molar refractivity (Wildman–Crippen MR) is 79.8 cm³/mol. The highest BCUT2D eigenvalue weighted by atomic mass is 32.2. The number of nitrogens with one attached hydrogen (secondary N) is 1. The van der Waals surface area contributed by atoms with E-state index in [1.54, 1.807) is 19.9 Å². The number of anilines is 1. The molecule has 0 fully saturated rings. The van der Waals surface area contributed by atoms with Crippen LogP contribution in [0, 0.1) is 13.8 Å². The molecule has 0 spiro atoms. The van der Waals surface area contributed by atoms with E-state index >= 15 is 0 Å². The first-order chi connectivity index (χ1) is 8.92. The monoisotopic (exact) mass is 320 g/mol. The van der Waals surface area contributed by atoms with Gasteiger partial charge in [-0.25, -0.2) is 21.6 Å². The molecule has 0 radical (unpaired) electrons. The molecule has 1 rings (SSSR count). The molecule has 3 N–H and O–H groups in total. The van der Waals surface area contributed by atoms with Crippen molar-refractivity contribution >= 4 is 25.5 Å². The molecular weight excluding hydrogens is 300 g/mol. The third-order valence-corrected chi connectivity index (χ3v) is 5.66. The number of nitrogens with two attached hydrogens (primary N) is 1. The van der Waals surface area contributed by atoms with Crippen molar-refractivity contribution in [1.82, 2.24) is 4.72 Å². The smallest absolute Gasteiger partial charge is 0.241 e. The van der Waals surface area contributed by atoms with Crippen LogP contribution in [0.4, 0.5) is 5.69 Å². The number of aryl methyl sites for hydroxylation is 1. The fourth-order valence-electron chi connectivity index (χ4n) is 1.95. The van der Waals surface area contributed by atoms with Gasteiger partial charge in [-0.05, 0) is 44.0 Å². The van der Waals surface area contributed by atoms with E-state index in [0.29, 0.717) is 11.3 Å². The molecule has 0 heterocycles. The summed E-state index contributed by atoms with van der Waals surface area (Å²) in [5, 5.41) is 0. The summed E-state index contributed by atoms with van der Waals surface area (Å²) in [4.78, 5) is 0.0790. The molecule has 6 nitrogen and oxygen atoms in total. The standard InChI is InChI=1S/C12H20N2O4S2/c1-8-5-11(13)6-12(10(8)3)20(17,18)14-9(2)7-19(4,15)16/h5-6,9,14H,7,13H2,1-4H3. The molecule has 1 aromatic rings. The Morgan fingerprint density at radius 3 is 2.25 bits per heavy atom. The lowest BCUT2D eigenvalue weighted by atomic mass is 10.1. The van der Waals surface area contributed by atoms with E-state index in [-0.39, 0.29) is 10.6 Å². The summed E-state index contributed by atoms with van der Waals surface area (Å²) in [5.41, 5.74) is 7.38. The molecule has 0 aliphatic rings. The van der Waals surface area contributed by atoms with Crippen LogP contribution in [0.15, 0.2) is 17.0 Å². The van der Waals surface area contributed by atoms with Gasteiger partial charge in [-0.3, -0.25) is 0 Å². The van der Waals surface area contributed by atoms with Gasteiger partial charge in [0, 0.05) is 18.0 Å². The molecule has 1 atom stereocenters. The molecule has 8 heteroatoms. The lowest BCUT2D eigenvalue weighted by Crippen LogP contribution is -2.37. The Kier molecular flexibility index (Phi) is 4.83. The summed E-state index contributed by atoms with van der Waals surface area (Å²) >= 11 is 0. The first-order valence-corrected chi connectivity index (χ1v) is 9.53. The second kappa shape index (κ2) is 5.71. The number of hydrogen-bond donors (Lipinski definition) is 2. The molecule has 0 bridgehead atoms. The molecule has 114 valence electrons. The minimum Gasteiger partial charge on any atom is -0.399 e. The van der Waals surface area contributed by atoms with Gasteiger partial charge < -0.3 is 5.73 Å². The largest absolute Gasteiger partial charge is 0.399 e. The number of sulfone groups is 1. The molecule has 0 aromatic heterocycles. The second-order valence-corrected chi connectivity index (χ2v) is 8.94. The quantitative estimate of drug-likeness (QED) is 0.773. The first-order valence-electron chi connectivity index (χ1n) is 5.99. The molecule has 0 aliphatic heterocycles. The van der Waals surface area contributed by atoms with Gasteiger partial charge >= 0.3 is 0 Å². The number of hydrogen-bond acceptors (Lipinski definition) is 5. The fourth-order valence-corrected chi connectivity index (χ4v) is 4.64. The Bertz CT molecular complexity index is 709. The van der Waals surface area contributed by atoms with Crippen molar-refractivity contribution in [2.75, 3.05) is 17.7 Å². The third kappa shape index (κ3) is 4.46. The second-order valence-electron chi connectivity index (χ2n) is 5.08. The van der Waals surface area contributed by atoms with Crippen molar-refractivity contribution in [3.05, 3.63) is 23.3 Å². The lowest BCUT2D eigenvalue weighted by molar-refractivity contribution is 0.564. The van der Waals surface area contributed by atoms with Crippen molar-refractivity contribution in [2.45, 2.75) is 31.7 Å². The van der Waals surface area contributed by atoms with Crippen LogP contribution in [0.3, 0.4) is 0 Å². The summed E-state index contributed by atoms with van der Waals surface area (Å²) in [5.74, 6) is -0.257. The maximum Gasteiger partial charge on any atom is 0.241 e. The van der Waals surface area contributed by atoms with Crippen LogP contribution >= 0.6 is 0 Å². The number of sulfonamides is 1. The van der Waals surface area contributed by atoms with Gasteiger partial charge in [-0.15, -0.1) is 0 Å². The van der Waals surface area contributed by atoms with Gasteiger partial charge in [-0.1, -0.05) is 0 Å². The summed E-state index contributed by atoms with van der Waals surface area (Å²) in [6.45, 7) is 4.96. The van der Waals surface area contributed by atoms with E-state index in [2.05, 4.69) is 4.72 Å². The SMILES string of the molecule is Cc1cc(N)cc(S(=O)(=O)NC(C)CS(C)(=O)=O)c1C. The van der Waals surface area contributed by atoms with Crippen LogP contribution in [-0.4, -0.2) is 34.9 Å². The van der Waals surface area contributed by atoms with Gasteiger partial charge in [0.15, 0.2) is 0 Å². The van der Waals surface area contributed by atoms with E-state index in [4.69, 9.17) is 5.73 Å². The Labute approximate surface area is 120 Å². The zero-order chi connectivity index (χ0) is 15.7. The minimum atomic E-state index is -3.80. The summed E-state index contributed by atoms with van der Waals surface area (Å²) in [6.07, 6.45) is 1.06. The van der Waals surface area contributed by atoms with Crippen molar-refractivity contribution in [3.8, 4) is 0 Å². The van der Waals surface area contributed by atoms with E-state index in [1.807, 2.05) is 0 Å². The van der Waals surface area contributed by atoms with Gasteiger partial charge in [0.05, 0.1) is 10.6 Å². The van der Waals surface area contributed by atoms with Crippen molar-refractivity contribution in [3.63, 3.8) is 0 Å². The van der Waals surface area contributed by atoms with Crippen LogP contribution in [0.5, 0.6) is 0 Å². The maximum absolute atomic E-state index is 12.3. The Morgan fingerprint density at radius 2 is 1.75 bits per heavy atom. The van der Waals surface area contributed by atoms with Crippen LogP contribution in [0.2, 0.25) is 0 Å². The highest BCUT2D eigenvalue weighted by Gasteiger charge is 2.22. The molecule has 1 unspecified atom stereocenters. The van der Waals surface area contributed by atoms with Gasteiger partial charge in [0.25, 0.3) is 0 Å². The third-order valence-electron chi connectivity index (χ3n) is 2.84.